The number of hydrogen-bond donors (Lipinski definition) is 0. The van der Waals surface area contributed by atoms with Crippen molar-refractivity contribution in [3.63, 3.8) is 0 Å². The molecule has 0 radical (unpaired) electrons. The van der Waals surface area contributed by atoms with Gasteiger partial charge in [-0.15, -0.1) is 0 Å². The standard InChI is InChI=1S/C25H25FN4O2/c26-20-10-4-5-11-22(20)32-24-19-17-30(23(31)16-18-8-2-1-3-9-18)15-12-21(19)27-25(28-24)29-13-6-7-14-29/h1-5,8-11H,6-7,12-17H2. The summed E-state index contributed by atoms with van der Waals surface area (Å²) in [5.74, 6) is 0.669. The number of nitrogens with zero attached hydrogens (tertiary/aromatic N) is 4. The first-order valence-corrected chi connectivity index (χ1v) is 11.1. The summed E-state index contributed by atoms with van der Waals surface area (Å²) in [6.07, 6.45) is 3.16. The number of anilines is 1. The third kappa shape index (κ3) is 4.28. The van der Waals surface area contributed by atoms with Gasteiger partial charge in [0.2, 0.25) is 17.7 Å². The predicted octanol–water partition coefficient (Wildman–Crippen LogP) is 4.14. The number of halogens is 1. The van der Waals surface area contributed by atoms with Crippen LogP contribution in [0.25, 0.3) is 0 Å². The van der Waals surface area contributed by atoms with E-state index in [1.54, 1.807) is 18.2 Å². The first-order chi connectivity index (χ1) is 15.7. The zero-order valence-electron chi connectivity index (χ0n) is 17.8. The number of hydrogen-bond acceptors (Lipinski definition) is 5. The normalized spacial score (nSPS) is 15.5. The monoisotopic (exact) mass is 432 g/mol. The minimum Gasteiger partial charge on any atom is -0.435 e. The van der Waals surface area contributed by atoms with Crippen molar-refractivity contribution in [2.24, 2.45) is 0 Å². The van der Waals surface area contributed by atoms with Gasteiger partial charge in [0.15, 0.2) is 11.6 Å². The average Bonchev–Trinajstić information content (AvgIpc) is 3.36. The topological polar surface area (TPSA) is 58.6 Å². The summed E-state index contributed by atoms with van der Waals surface area (Å²) in [6.45, 7) is 2.75. The smallest absolute Gasteiger partial charge is 0.229 e. The van der Waals surface area contributed by atoms with Gasteiger partial charge in [0, 0.05) is 26.1 Å². The summed E-state index contributed by atoms with van der Waals surface area (Å²) in [5.41, 5.74) is 2.60. The fourth-order valence-electron chi connectivity index (χ4n) is 4.24. The van der Waals surface area contributed by atoms with E-state index >= 15 is 0 Å². The fourth-order valence-corrected chi connectivity index (χ4v) is 4.24. The van der Waals surface area contributed by atoms with E-state index in [-0.39, 0.29) is 11.7 Å². The van der Waals surface area contributed by atoms with Crippen LogP contribution in [0.3, 0.4) is 0 Å². The summed E-state index contributed by atoms with van der Waals surface area (Å²) < 4.78 is 20.3. The first kappa shape index (κ1) is 20.4. The number of rotatable bonds is 5. The molecule has 0 unspecified atom stereocenters. The molecule has 1 fully saturated rings. The van der Waals surface area contributed by atoms with Crippen molar-refractivity contribution in [2.75, 3.05) is 24.5 Å². The summed E-state index contributed by atoms with van der Waals surface area (Å²) >= 11 is 0. The quantitative estimate of drug-likeness (QED) is 0.607. The molecule has 2 aromatic carbocycles. The average molecular weight is 432 g/mol. The van der Waals surface area contributed by atoms with Gasteiger partial charge in [-0.1, -0.05) is 42.5 Å². The van der Waals surface area contributed by atoms with Crippen LogP contribution in [0.4, 0.5) is 10.3 Å². The molecule has 0 N–H and O–H groups in total. The van der Waals surface area contributed by atoms with Crippen LogP contribution in [0, 0.1) is 5.82 Å². The minimum absolute atomic E-state index is 0.0438. The predicted molar refractivity (Wildman–Crippen MR) is 119 cm³/mol. The first-order valence-electron chi connectivity index (χ1n) is 11.1. The fraction of sp³-hybridized carbons (Fsp3) is 0.320. The second-order valence-electron chi connectivity index (χ2n) is 8.21. The van der Waals surface area contributed by atoms with Crippen LogP contribution in [-0.4, -0.2) is 40.4 Å². The molecule has 1 amide bonds. The van der Waals surface area contributed by atoms with Crippen molar-refractivity contribution in [2.45, 2.75) is 32.2 Å². The van der Waals surface area contributed by atoms with Crippen LogP contribution in [0.15, 0.2) is 54.6 Å². The van der Waals surface area contributed by atoms with Crippen molar-refractivity contribution in [3.05, 3.63) is 77.2 Å². The van der Waals surface area contributed by atoms with Gasteiger partial charge in [-0.3, -0.25) is 4.79 Å². The van der Waals surface area contributed by atoms with Crippen molar-refractivity contribution >= 4 is 11.9 Å². The zero-order chi connectivity index (χ0) is 21.9. The molecule has 164 valence electrons. The Bertz CT molecular complexity index is 1120. The Morgan fingerprint density at radius 2 is 1.72 bits per heavy atom. The Kier molecular flexibility index (Phi) is 5.71. The highest BCUT2D eigenvalue weighted by atomic mass is 19.1. The zero-order valence-corrected chi connectivity index (χ0v) is 17.8. The van der Waals surface area contributed by atoms with Gasteiger partial charge >= 0.3 is 0 Å². The van der Waals surface area contributed by atoms with Crippen molar-refractivity contribution in [1.29, 1.82) is 0 Å². The van der Waals surface area contributed by atoms with E-state index in [4.69, 9.17) is 9.72 Å². The lowest BCUT2D eigenvalue weighted by Gasteiger charge is -2.30. The maximum absolute atomic E-state index is 14.3. The van der Waals surface area contributed by atoms with Crippen LogP contribution in [-0.2, 0) is 24.2 Å². The maximum Gasteiger partial charge on any atom is 0.229 e. The molecule has 32 heavy (non-hydrogen) atoms. The molecule has 0 bridgehead atoms. The maximum atomic E-state index is 14.3. The number of carbonyl (C=O) groups excluding carboxylic acids is 1. The van der Waals surface area contributed by atoms with Crippen molar-refractivity contribution in [3.8, 4) is 11.6 Å². The Hall–Kier alpha value is -3.48. The molecule has 0 spiro atoms. The van der Waals surface area contributed by atoms with Gasteiger partial charge in [-0.2, -0.15) is 4.98 Å². The van der Waals surface area contributed by atoms with Gasteiger partial charge in [-0.05, 0) is 30.5 Å². The van der Waals surface area contributed by atoms with E-state index < -0.39 is 5.82 Å². The Balaban J connectivity index is 1.45. The lowest BCUT2D eigenvalue weighted by atomic mass is 10.0. The number of para-hydroxylation sites is 1. The molecule has 0 saturated carbocycles. The van der Waals surface area contributed by atoms with Crippen LogP contribution in [0.2, 0.25) is 0 Å². The van der Waals surface area contributed by atoms with Gasteiger partial charge in [0.05, 0.1) is 24.2 Å². The Labute approximate surface area is 186 Å². The molecular weight excluding hydrogens is 407 g/mol. The van der Waals surface area contributed by atoms with E-state index in [0.717, 1.165) is 42.8 Å². The molecule has 7 heteroatoms. The SMILES string of the molecule is O=C(Cc1ccccc1)N1CCc2nc(N3CCCC3)nc(Oc3ccccc3F)c2C1. The molecular formula is C25H25FN4O2. The van der Waals surface area contributed by atoms with E-state index in [9.17, 15) is 9.18 Å². The lowest BCUT2D eigenvalue weighted by molar-refractivity contribution is -0.131. The van der Waals surface area contributed by atoms with Gasteiger partial charge in [0.1, 0.15) is 0 Å². The van der Waals surface area contributed by atoms with E-state index in [2.05, 4.69) is 9.88 Å². The number of ether oxygens (including phenoxy) is 1. The molecule has 3 aromatic rings. The molecule has 3 heterocycles. The molecule has 1 saturated heterocycles. The number of carbonyl (C=O) groups is 1. The molecule has 0 aliphatic carbocycles. The Morgan fingerprint density at radius 1 is 0.969 bits per heavy atom. The summed E-state index contributed by atoms with van der Waals surface area (Å²) in [5, 5.41) is 0. The van der Waals surface area contributed by atoms with Gasteiger partial charge in [-0.25, -0.2) is 9.37 Å². The summed E-state index contributed by atoms with van der Waals surface area (Å²) in [4.78, 5) is 26.4. The summed E-state index contributed by atoms with van der Waals surface area (Å²) in [6, 6.07) is 16.0. The van der Waals surface area contributed by atoms with Crippen LogP contribution < -0.4 is 9.64 Å². The van der Waals surface area contributed by atoms with Gasteiger partial charge < -0.3 is 14.5 Å². The molecule has 1 aromatic heterocycles. The second-order valence-corrected chi connectivity index (χ2v) is 8.21. The van der Waals surface area contributed by atoms with E-state index in [1.165, 1.54) is 6.07 Å². The number of amides is 1. The van der Waals surface area contributed by atoms with Crippen molar-refractivity contribution < 1.29 is 13.9 Å². The number of benzene rings is 2. The van der Waals surface area contributed by atoms with Crippen LogP contribution >= 0.6 is 0 Å². The van der Waals surface area contributed by atoms with Crippen LogP contribution in [0.5, 0.6) is 11.6 Å². The number of fused-ring (bicyclic) bond motifs is 1. The number of aromatic nitrogens is 2. The minimum atomic E-state index is -0.449. The highest BCUT2D eigenvalue weighted by Gasteiger charge is 2.28. The summed E-state index contributed by atoms with van der Waals surface area (Å²) in [7, 11) is 0. The van der Waals surface area contributed by atoms with E-state index in [1.807, 2.05) is 35.2 Å². The molecule has 2 aliphatic heterocycles. The largest absolute Gasteiger partial charge is 0.435 e. The molecule has 5 rings (SSSR count). The highest BCUT2D eigenvalue weighted by Crippen LogP contribution is 2.33. The lowest BCUT2D eigenvalue weighted by Crippen LogP contribution is -2.38. The van der Waals surface area contributed by atoms with Crippen LogP contribution in [0.1, 0.15) is 29.7 Å². The third-order valence-electron chi connectivity index (χ3n) is 5.99. The highest BCUT2D eigenvalue weighted by molar-refractivity contribution is 5.79. The third-order valence-corrected chi connectivity index (χ3v) is 5.99. The molecule has 6 nitrogen and oxygen atoms in total. The molecule has 2 aliphatic rings. The Morgan fingerprint density at radius 3 is 2.50 bits per heavy atom. The second kappa shape index (κ2) is 8.94. The van der Waals surface area contributed by atoms with Gasteiger partial charge in [0.25, 0.3) is 0 Å². The molecule has 0 atom stereocenters. The van der Waals surface area contributed by atoms with E-state index in [0.29, 0.717) is 37.8 Å². The van der Waals surface area contributed by atoms with Crippen molar-refractivity contribution in [1.82, 2.24) is 14.9 Å².